The summed E-state index contributed by atoms with van der Waals surface area (Å²) in [6.45, 7) is 1.29. The minimum absolute atomic E-state index is 0.0789. The van der Waals surface area contributed by atoms with Gasteiger partial charge in [-0.25, -0.2) is 4.98 Å². The van der Waals surface area contributed by atoms with Crippen LogP contribution < -0.4 is 9.64 Å². The van der Waals surface area contributed by atoms with Gasteiger partial charge in [-0.2, -0.15) is 0 Å². The van der Waals surface area contributed by atoms with Crippen LogP contribution in [0.3, 0.4) is 0 Å². The number of carbonyl (C=O) groups excluding carboxylic acids is 1. The lowest BCUT2D eigenvalue weighted by Gasteiger charge is -2.21. The van der Waals surface area contributed by atoms with E-state index in [1.165, 1.54) is 22.7 Å². The third-order valence-corrected chi connectivity index (χ3v) is 5.88. The van der Waals surface area contributed by atoms with Crippen molar-refractivity contribution in [2.45, 2.75) is 0 Å². The fraction of sp³-hybridized carbons (Fsp3) is 0.294. The van der Waals surface area contributed by atoms with Crippen molar-refractivity contribution in [3.8, 4) is 5.75 Å². The van der Waals surface area contributed by atoms with Gasteiger partial charge >= 0.3 is 0 Å². The Hall–Kier alpha value is -1.67. The molecule has 0 radical (unpaired) electrons. The fourth-order valence-corrected chi connectivity index (χ4v) is 4.29. The standard InChI is InChI=1S/C17H18ClN3O2S2/c1-20(2)8-9-21(16(22)13-6-7-15(18)24-13)17-19-12-5-4-11(23-3)10-14(12)25-17/h4-7,10H,8-9H2,1-3H3. The molecule has 0 saturated heterocycles. The lowest BCUT2D eigenvalue weighted by molar-refractivity contribution is 0.0989. The van der Waals surface area contributed by atoms with Gasteiger partial charge in [-0.3, -0.25) is 9.69 Å². The van der Waals surface area contributed by atoms with Gasteiger partial charge in [-0.1, -0.05) is 22.9 Å². The number of nitrogens with zero attached hydrogens (tertiary/aromatic N) is 3. The van der Waals surface area contributed by atoms with Crippen LogP contribution in [0, 0.1) is 0 Å². The van der Waals surface area contributed by atoms with E-state index in [1.807, 2.05) is 37.2 Å². The summed E-state index contributed by atoms with van der Waals surface area (Å²) in [5, 5.41) is 0.680. The maximum atomic E-state index is 13.0. The van der Waals surface area contributed by atoms with Gasteiger partial charge in [0.25, 0.3) is 5.91 Å². The second kappa shape index (κ2) is 7.70. The first-order valence-corrected chi connectivity index (χ1v) is 9.65. The minimum atomic E-state index is -0.0789. The molecule has 5 nitrogen and oxygen atoms in total. The molecule has 0 spiro atoms. The van der Waals surface area contributed by atoms with Gasteiger partial charge in [-0.05, 0) is 44.4 Å². The van der Waals surface area contributed by atoms with Crippen LogP contribution >= 0.6 is 34.3 Å². The molecule has 3 rings (SSSR count). The molecule has 132 valence electrons. The molecule has 0 aliphatic heterocycles. The molecular weight excluding hydrogens is 378 g/mol. The Labute approximate surface area is 159 Å². The Bertz CT molecular complexity index is 891. The highest BCUT2D eigenvalue weighted by Gasteiger charge is 2.22. The summed E-state index contributed by atoms with van der Waals surface area (Å²) in [7, 11) is 5.60. The smallest absolute Gasteiger partial charge is 0.270 e. The van der Waals surface area contributed by atoms with E-state index in [9.17, 15) is 4.79 Å². The van der Waals surface area contributed by atoms with E-state index in [0.717, 1.165) is 22.5 Å². The molecule has 0 aliphatic carbocycles. The number of benzene rings is 1. The molecule has 2 heterocycles. The van der Waals surface area contributed by atoms with E-state index >= 15 is 0 Å². The van der Waals surface area contributed by atoms with Crippen LogP contribution in [-0.2, 0) is 0 Å². The number of fused-ring (bicyclic) bond motifs is 1. The molecule has 8 heteroatoms. The normalized spacial score (nSPS) is 11.2. The predicted octanol–water partition coefficient (Wildman–Crippen LogP) is 4.23. The van der Waals surface area contributed by atoms with Crippen molar-refractivity contribution in [2.24, 2.45) is 0 Å². The number of aromatic nitrogens is 1. The van der Waals surface area contributed by atoms with Gasteiger partial charge in [0, 0.05) is 13.1 Å². The molecule has 0 unspecified atom stereocenters. The van der Waals surface area contributed by atoms with Crippen LogP contribution in [0.2, 0.25) is 4.34 Å². The van der Waals surface area contributed by atoms with Gasteiger partial charge < -0.3 is 9.64 Å². The SMILES string of the molecule is COc1ccc2nc(N(CCN(C)C)C(=O)c3ccc(Cl)s3)sc2c1. The summed E-state index contributed by atoms with van der Waals surface area (Å²) in [6.07, 6.45) is 0. The topological polar surface area (TPSA) is 45.7 Å². The molecule has 2 aromatic heterocycles. The second-order valence-electron chi connectivity index (χ2n) is 5.69. The maximum Gasteiger partial charge on any atom is 0.270 e. The lowest BCUT2D eigenvalue weighted by Crippen LogP contribution is -2.36. The highest BCUT2D eigenvalue weighted by atomic mass is 35.5. The summed E-state index contributed by atoms with van der Waals surface area (Å²) in [6, 6.07) is 9.22. The van der Waals surface area contributed by atoms with Gasteiger partial charge in [0.05, 0.1) is 26.5 Å². The average Bonchev–Trinajstić information content (AvgIpc) is 3.19. The average molecular weight is 396 g/mol. The Morgan fingerprint density at radius 3 is 2.64 bits per heavy atom. The zero-order valence-corrected chi connectivity index (χ0v) is 16.5. The van der Waals surface area contributed by atoms with Gasteiger partial charge in [0.2, 0.25) is 0 Å². The first-order chi connectivity index (χ1) is 12.0. The number of methoxy groups -OCH3 is 1. The first-order valence-electron chi connectivity index (χ1n) is 7.64. The highest BCUT2D eigenvalue weighted by Crippen LogP contribution is 2.33. The number of rotatable bonds is 6. The van der Waals surface area contributed by atoms with E-state index in [0.29, 0.717) is 20.9 Å². The minimum Gasteiger partial charge on any atom is -0.497 e. The van der Waals surface area contributed by atoms with Crippen molar-refractivity contribution in [3.05, 3.63) is 39.5 Å². The van der Waals surface area contributed by atoms with E-state index in [1.54, 1.807) is 24.1 Å². The van der Waals surface area contributed by atoms with Crippen LogP contribution in [-0.4, -0.2) is 50.1 Å². The number of thiophene rings is 1. The number of likely N-dealkylation sites (N-methyl/N-ethyl adjacent to an activating group) is 1. The maximum absolute atomic E-state index is 13.0. The summed E-state index contributed by atoms with van der Waals surface area (Å²) < 4.78 is 6.86. The first kappa shape index (κ1) is 18.1. The number of carbonyl (C=O) groups is 1. The highest BCUT2D eigenvalue weighted by molar-refractivity contribution is 7.22. The molecule has 0 fully saturated rings. The van der Waals surface area contributed by atoms with Crippen LogP contribution in [0.15, 0.2) is 30.3 Å². The van der Waals surface area contributed by atoms with Crippen LogP contribution in [0.1, 0.15) is 9.67 Å². The van der Waals surface area contributed by atoms with Crippen molar-refractivity contribution >= 4 is 55.5 Å². The molecule has 1 amide bonds. The Balaban J connectivity index is 1.97. The third kappa shape index (κ3) is 4.12. The summed E-state index contributed by atoms with van der Waals surface area (Å²) in [5.74, 6) is 0.698. The van der Waals surface area contributed by atoms with Gasteiger partial charge in [0.1, 0.15) is 5.75 Å². The zero-order chi connectivity index (χ0) is 18.0. The molecular formula is C17H18ClN3O2S2. The van der Waals surface area contributed by atoms with Crippen molar-refractivity contribution in [3.63, 3.8) is 0 Å². The van der Waals surface area contributed by atoms with Gasteiger partial charge in [-0.15, -0.1) is 11.3 Å². The lowest BCUT2D eigenvalue weighted by atomic mass is 10.3. The molecule has 1 aromatic carbocycles. The van der Waals surface area contributed by atoms with Crippen molar-refractivity contribution in [1.29, 1.82) is 0 Å². The quantitative estimate of drug-likeness (QED) is 0.626. The summed E-state index contributed by atoms with van der Waals surface area (Å²) >= 11 is 8.76. The van der Waals surface area contributed by atoms with Crippen molar-refractivity contribution in [2.75, 3.05) is 39.2 Å². The molecule has 0 bridgehead atoms. The van der Waals surface area contributed by atoms with E-state index in [4.69, 9.17) is 16.3 Å². The third-order valence-electron chi connectivity index (χ3n) is 3.62. The summed E-state index contributed by atoms with van der Waals surface area (Å²) in [5.41, 5.74) is 0.854. The monoisotopic (exact) mass is 395 g/mol. The zero-order valence-electron chi connectivity index (χ0n) is 14.2. The summed E-state index contributed by atoms with van der Waals surface area (Å²) in [4.78, 5) is 22.0. The van der Waals surface area contributed by atoms with E-state index in [-0.39, 0.29) is 5.91 Å². The number of anilines is 1. The number of thiazole rings is 1. The Kier molecular flexibility index (Phi) is 5.58. The molecule has 0 atom stereocenters. The van der Waals surface area contributed by atoms with E-state index < -0.39 is 0 Å². The number of halogens is 1. The molecule has 25 heavy (non-hydrogen) atoms. The Morgan fingerprint density at radius 2 is 2.00 bits per heavy atom. The number of hydrogen-bond acceptors (Lipinski definition) is 6. The van der Waals surface area contributed by atoms with Crippen LogP contribution in [0.4, 0.5) is 5.13 Å². The molecule has 0 N–H and O–H groups in total. The Morgan fingerprint density at radius 1 is 1.20 bits per heavy atom. The second-order valence-corrected chi connectivity index (χ2v) is 8.42. The number of ether oxygens (including phenoxy) is 1. The number of amides is 1. The van der Waals surface area contributed by atoms with Crippen LogP contribution in [0.25, 0.3) is 10.2 Å². The molecule has 0 aliphatic rings. The largest absolute Gasteiger partial charge is 0.497 e. The number of hydrogen-bond donors (Lipinski definition) is 0. The molecule has 3 aromatic rings. The van der Waals surface area contributed by atoms with Crippen LogP contribution in [0.5, 0.6) is 5.75 Å². The van der Waals surface area contributed by atoms with Gasteiger partial charge in [0.15, 0.2) is 5.13 Å². The molecule has 0 saturated carbocycles. The van der Waals surface area contributed by atoms with E-state index in [2.05, 4.69) is 4.98 Å². The fourth-order valence-electron chi connectivity index (χ4n) is 2.28. The van der Waals surface area contributed by atoms with Crippen molar-refractivity contribution in [1.82, 2.24) is 9.88 Å². The van der Waals surface area contributed by atoms with Crippen molar-refractivity contribution < 1.29 is 9.53 Å². The predicted molar refractivity (Wildman–Crippen MR) is 106 cm³/mol.